The minimum atomic E-state index is 0.828. The van der Waals surface area contributed by atoms with Crippen LogP contribution in [0.3, 0.4) is 0 Å². The molecular weight excluding hydrogens is 829 g/mol. The number of aromatic nitrogens is 1. The van der Waals surface area contributed by atoms with E-state index < -0.39 is 0 Å². The van der Waals surface area contributed by atoms with Crippen LogP contribution in [0.15, 0.2) is 251 Å². The number of hydrogen-bond acceptors (Lipinski definition) is 3. The smallest absolute Gasteiger partial charge is 0.145 e. The molecule has 0 spiro atoms. The van der Waals surface area contributed by atoms with Crippen LogP contribution in [0.2, 0.25) is 0 Å². The fraction of sp³-hybridized carbons (Fsp3) is 0. The lowest BCUT2D eigenvalue weighted by Crippen LogP contribution is -2.13. The number of benzene rings is 11. The van der Waals surface area contributed by atoms with Gasteiger partial charge < -0.3 is 18.3 Å². The van der Waals surface area contributed by atoms with Gasteiger partial charge in [-0.2, -0.15) is 0 Å². The predicted octanol–water partition coefficient (Wildman–Crippen LogP) is 18.2. The Kier molecular flexibility index (Phi) is 8.55. The van der Waals surface area contributed by atoms with E-state index in [0.717, 1.165) is 105 Å². The molecule has 3 aromatic heterocycles. The van der Waals surface area contributed by atoms with Crippen molar-refractivity contribution in [2.75, 3.05) is 4.90 Å². The van der Waals surface area contributed by atoms with E-state index >= 15 is 0 Å². The van der Waals surface area contributed by atoms with Crippen LogP contribution in [0.5, 0.6) is 0 Å². The average Bonchev–Trinajstić information content (AvgIpc) is 4.09. The van der Waals surface area contributed by atoms with Crippen molar-refractivity contribution in [2.45, 2.75) is 0 Å². The summed E-state index contributed by atoms with van der Waals surface area (Å²) in [4.78, 5) is 2.44. The number of hydrogen-bond donors (Lipinski definition) is 0. The SMILES string of the molecule is c1ccc(N(c2ccc(-c3cccc4ccccc34)cc2)c2ccc3c(oc4ccccc43)c2-c2ccccc2-n2c3ccccc3c3ccccc32)c(-c2cccc3oc4ccccc4c23)c1. The Morgan fingerprint density at radius 3 is 1.68 bits per heavy atom. The zero-order valence-electron chi connectivity index (χ0n) is 36.8. The number of furan rings is 2. The third-order valence-corrected chi connectivity index (χ3v) is 13.8. The molecule has 11 aromatic carbocycles. The molecule has 4 nitrogen and oxygen atoms in total. The van der Waals surface area contributed by atoms with Gasteiger partial charge in [-0.05, 0) is 94.2 Å². The number of anilines is 3. The Bertz CT molecular complexity index is 4220. The van der Waals surface area contributed by atoms with Crippen molar-refractivity contribution in [3.8, 4) is 39.1 Å². The van der Waals surface area contributed by atoms with Gasteiger partial charge in [0.05, 0.1) is 33.7 Å². The summed E-state index contributed by atoms with van der Waals surface area (Å²) in [6.07, 6.45) is 0. The van der Waals surface area contributed by atoms with Gasteiger partial charge in [0.1, 0.15) is 22.3 Å². The Morgan fingerprint density at radius 1 is 0.324 bits per heavy atom. The van der Waals surface area contributed by atoms with Crippen LogP contribution in [-0.4, -0.2) is 4.57 Å². The molecule has 0 aliphatic heterocycles. The highest BCUT2D eigenvalue weighted by molar-refractivity contribution is 6.17. The van der Waals surface area contributed by atoms with E-state index in [4.69, 9.17) is 8.83 Å². The molecule has 0 bridgehead atoms. The first-order valence-electron chi connectivity index (χ1n) is 23.2. The fourth-order valence-electron chi connectivity index (χ4n) is 10.9. The van der Waals surface area contributed by atoms with Gasteiger partial charge in [-0.15, -0.1) is 0 Å². The minimum Gasteiger partial charge on any atom is -0.456 e. The Hall–Kier alpha value is -9.12. The molecule has 0 aliphatic carbocycles. The maximum Gasteiger partial charge on any atom is 0.145 e. The van der Waals surface area contributed by atoms with Crippen molar-refractivity contribution in [3.05, 3.63) is 243 Å². The maximum absolute atomic E-state index is 7.13. The van der Waals surface area contributed by atoms with Crippen LogP contribution >= 0.6 is 0 Å². The normalized spacial score (nSPS) is 11.8. The van der Waals surface area contributed by atoms with Crippen molar-refractivity contribution in [2.24, 2.45) is 0 Å². The van der Waals surface area contributed by atoms with E-state index in [-0.39, 0.29) is 0 Å². The lowest BCUT2D eigenvalue weighted by atomic mass is 9.94. The molecule has 0 amide bonds. The van der Waals surface area contributed by atoms with E-state index in [1.807, 2.05) is 6.07 Å². The Morgan fingerprint density at radius 2 is 0.882 bits per heavy atom. The second-order valence-electron chi connectivity index (χ2n) is 17.5. The van der Waals surface area contributed by atoms with Gasteiger partial charge in [-0.3, -0.25) is 0 Å². The molecule has 0 unspecified atom stereocenters. The van der Waals surface area contributed by atoms with Gasteiger partial charge in [0.25, 0.3) is 0 Å². The number of nitrogens with zero attached hydrogens (tertiary/aromatic N) is 2. The van der Waals surface area contributed by atoms with E-state index in [2.05, 4.69) is 246 Å². The van der Waals surface area contributed by atoms with E-state index in [1.165, 1.54) is 27.1 Å². The highest BCUT2D eigenvalue weighted by atomic mass is 16.3. The van der Waals surface area contributed by atoms with Crippen LogP contribution < -0.4 is 4.90 Å². The first-order chi connectivity index (χ1) is 33.8. The van der Waals surface area contributed by atoms with Crippen molar-refractivity contribution in [1.29, 1.82) is 0 Å². The molecule has 0 radical (unpaired) electrons. The van der Waals surface area contributed by atoms with Crippen LogP contribution in [0.25, 0.3) is 116 Å². The maximum atomic E-state index is 7.13. The number of rotatable bonds is 7. The average molecular weight is 869 g/mol. The third-order valence-electron chi connectivity index (χ3n) is 13.8. The van der Waals surface area contributed by atoms with Crippen LogP contribution in [-0.2, 0) is 0 Å². The Balaban J connectivity index is 1.08. The van der Waals surface area contributed by atoms with Crippen LogP contribution in [0, 0.1) is 0 Å². The summed E-state index contributed by atoms with van der Waals surface area (Å²) in [7, 11) is 0. The lowest BCUT2D eigenvalue weighted by Gasteiger charge is -2.30. The van der Waals surface area contributed by atoms with Gasteiger partial charge in [0, 0.05) is 49.1 Å². The molecule has 0 N–H and O–H groups in total. The molecule has 0 aliphatic rings. The number of fused-ring (bicyclic) bond motifs is 10. The topological polar surface area (TPSA) is 34.5 Å². The molecule has 14 aromatic rings. The summed E-state index contributed by atoms with van der Waals surface area (Å²) in [5.74, 6) is 0. The highest BCUT2D eigenvalue weighted by Gasteiger charge is 2.28. The van der Waals surface area contributed by atoms with Gasteiger partial charge >= 0.3 is 0 Å². The largest absolute Gasteiger partial charge is 0.456 e. The molecule has 318 valence electrons. The summed E-state index contributed by atoms with van der Waals surface area (Å²) in [6, 6.07) is 87.0. The van der Waals surface area contributed by atoms with Crippen LogP contribution in [0.4, 0.5) is 17.1 Å². The predicted molar refractivity (Wildman–Crippen MR) is 284 cm³/mol. The minimum absolute atomic E-state index is 0.828. The summed E-state index contributed by atoms with van der Waals surface area (Å²) in [5, 5.41) is 9.18. The molecule has 0 fully saturated rings. The van der Waals surface area contributed by atoms with E-state index in [0.29, 0.717) is 0 Å². The molecule has 0 atom stereocenters. The van der Waals surface area contributed by atoms with Gasteiger partial charge in [-0.1, -0.05) is 176 Å². The molecule has 0 saturated heterocycles. The van der Waals surface area contributed by atoms with Gasteiger partial charge in [0.15, 0.2) is 0 Å². The fourth-order valence-corrected chi connectivity index (χ4v) is 10.9. The zero-order chi connectivity index (χ0) is 44.7. The molecule has 4 heteroatoms. The quantitative estimate of drug-likeness (QED) is 0.160. The second kappa shape index (κ2) is 15.2. The molecular formula is C64H40N2O2. The summed E-state index contributed by atoms with van der Waals surface area (Å²) < 4.78 is 16.1. The molecule has 0 saturated carbocycles. The zero-order valence-corrected chi connectivity index (χ0v) is 36.8. The van der Waals surface area contributed by atoms with Crippen molar-refractivity contribution in [1.82, 2.24) is 4.57 Å². The summed E-state index contributed by atoms with van der Waals surface area (Å²) in [6.45, 7) is 0. The molecule has 14 rings (SSSR count). The van der Waals surface area contributed by atoms with Crippen molar-refractivity contribution >= 4 is 93.5 Å². The molecule has 3 heterocycles. The van der Waals surface area contributed by atoms with E-state index in [9.17, 15) is 0 Å². The standard InChI is InChI=1S/C64H40N2O2/c1-2-19-44-41(17-1)18-15-26-45(44)42-35-37-43(38-36-42)65(54-28-9-5-22-48(54)50-27-16-34-61-62(50)53-25-8-14-33-60(53)67-61)58-40-39-51-49-23-7-13-32-59(49)68-64(51)63(58)52-24-6-12-31-57(52)66-55-29-10-3-20-46(55)47-21-4-11-30-56(47)66/h1-40H. The van der Waals surface area contributed by atoms with Gasteiger partial charge in [0.2, 0.25) is 0 Å². The highest BCUT2D eigenvalue weighted by Crippen LogP contribution is 2.51. The summed E-state index contributed by atoms with van der Waals surface area (Å²) >= 11 is 0. The second-order valence-corrected chi connectivity index (χ2v) is 17.5. The van der Waals surface area contributed by atoms with Crippen molar-refractivity contribution < 1.29 is 8.83 Å². The van der Waals surface area contributed by atoms with E-state index in [1.54, 1.807) is 0 Å². The third kappa shape index (κ3) is 5.81. The van der Waals surface area contributed by atoms with Gasteiger partial charge in [-0.25, -0.2) is 0 Å². The van der Waals surface area contributed by atoms with Crippen LogP contribution in [0.1, 0.15) is 0 Å². The first kappa shape index (κ1) is 38.2. The van der Waals surface area contributed by atoms with Crippen molar-refractivity contribution in [3.63, 3.8) is 0 Å². The molecule has 68 heavy (non-hydrogen) atoms. The summed E-state index contributed by atoms with van der Waals surface area (Å²) in [5.41, 5.74) is 16.3. The monoisotopic (exact) mass is 868 g/mol. The first-order valence-corrected chi connectivity index (χ1v) is 23.2. The number of para-hydroxylation sites is 6. The lowest BCUT2D eigenvalue weighted by molar-refractivity contribution is 0.669. The Labute approximate surface area is 391 Å².